The van der Waals surface area contributed by atoms with Crippen LogP contribution < -0.4 is 10.1 Å². The van der Waals surface area contributed by atoms with E-state index >= 15 is 0 Å². The maximum absolute atomic E-state index is 12.3. The molecule has 0 atom stereocenters. The monoisotopic (exact) mass is 401 g/mol. The number of benzene rings is 2. The minimum Gasteiger partial charge on any atom is -0.496 e. The van der Waals surface area contributed by atoms with Crippen LogP contribution in [0.3, 0.4) is 0 Å². The molecule has 126 valence electrons. The number of hydrogen-bond donors (Lipinski definition) is 1. The fourth-order valence-corrected chi connectivity index (χ4v) is 2.37. The molecule has 2 aromatic carbocycles. The molecule has 0 saturated carbocycles. The minimum absolute atomic E-state index is 0.0899. The lowest BCUT2D eigenvalue weighted by Crippen LogP contribution is -2.13. The number of nitro benzene ring substituents is 1. The molecule has 8 heteroatoms. The van der Waals surface area contributed by atoms with Gasteiger partial charge in [0.2, 0.25) is 0 Å². The number of nitriles is 1. The molecular formula is C17H12BrN3O4. The lowest BCUT2D eigenvalue weighted by Gasteiger charge is -2.07. The van der Waals surface area contributed by atoms with Gasteiger partial charge < -0.3 is 10.1 Å². The van der Waals surface area contributed by atoms with Gasteiger partial charge in [0.15, 0.2) is 0 Å². The second-order valence-electron chi connectivity index (χ2n) is 4.81. The van der Waals surface area contributed by atoms with E-state index in [0.717, 1.165) is 4.47 Å². The molecule has 0 aliphatic heterocycles. The van der Waals surface area contributed by atoms with E-state index in [4.69, 9.17) is 4.74 Å². The van der Waals surface area contributed by atoms with Crippen LogP contribution in [0.5, 0.6) is 5.75 Å². The van der Waals surface area contributed by atoms with Crippen LogP contribution >= 0.6 is 15.9 Å². The molecule has 0 bridgehead atoms. The Morgan fingerprint density at radius 2 is 2.00 bits per heavy atom. The van der Waals surface area contributed by atoms with Crippen LogP contribution in [-0.4, -0.2) is 17.9 Å². The molecule has 0 heterocycles. The van der Waals surface area contributed by atoms with E-state index in [0.29, 0.717) is 17.0 Å². The first-order valence-corrected chi connectivity index (χ1v) is 7.75. The van der Waals surface area contributed by atoms with E-state index in [1.165, 1.54) is 37.5 Å². The van der Waals surface area contributed by atoms with Crippen molar-refractivity contribution in [3.63, 3.8) is 0 Å². The smallest absolute Gasteiger partial charge is 0.269 e. The molecule has 0 aliphatic rings. The number of nitrogens with one attached hydrogen (secondary N) is 1. The van der Waals surface area contributed by atoms with E-state index < -0.39 is 10.8 Å². The van der Waals surface area contributed by atoms with Crippen molar-refractivity contribution in [2.45, 2.75) is 0 Å². The van der Waals surface area contributed by atoms with Gasteiger partial charge >= 0.3 is 0 Å². The Balaban J connectivity index is 2.25. The number of carbonyl (C=O) groups is 1. The van der Waals surface area contributed by atoms with Crippen LogP contribution in [0.2, 0.25) is 0 Å². The fourth-order valence-electron chi connectivity index (χ4n) is 1.99. The molecule has 1 N–H and O–H groups in total. The van der Waals surface area contributed by atoms with Crippen molar-refractivity contribution in [2.24, 2.45) is 0 Å². The number of ether oxygens (including phenoxy) is 1. The highest BCUT2D eigenvalue weighted by molar-refractivity contribution is 9.10. The van der Waals surface area contributed by atoms with Gasteiger partial charge in [-0.15, -0.1) is 0 Å². The van der Waals surface area contributed by atoms with Gasteiger partial charge in [-0.25, -0.2) is 0 Å². The standard InChI is InChI=1S/C17H12BrN3O4/c1-25-16-7-2-13(18)9-11(16)8-12(10-19)17(22)20-14-3-5-15(6-4-14)21(23)24/h2-9H,1H3,(H,20,22). The zero-order valence-corrected chi connectivity index (χ0v) is 14.6. The molecule has 0 unspecified atom stereocenters. The Morgan fingerprint density at radius 1 is 1.32 bits per heavy atom. The summed E-state index contributed by atoms with van der Waals surface area (Å²) >= 11 is 3.32. The average Bonchev–Trinajstić information content (AvgIpc) is 2.60. The summed E-state index contributed by atoms with van der Waals surface area (Å²) in [5.74, 6) is -0.113. The van der Waals surface area contributed by atoms with Gasteiger partial charge in [0, 0.05) is 27.9 Å². The van der Waals surface area contributed by atoms with Gasteiger partial charge in [-0.3, -0.25) is 14.9 Å². The normalized spacial score (nSPS) is 10.7. The molecule has 0 radical (unpaired) electrons. The molecule has 25 heavy (non-hydrogen) atoms. The summed E-state index contributed by atoms with van der Waals surface area (Å²) in [6.45, 7) is 0. The predicted octanol–water partition coefficient (Wildman–Crippen LogP) is 3.91. The predicted molar refractivity (Wildman–Crippen MR) is 96.0 cm³/mol. The first-order chi connectivity index (χ1) is 11.9. The third-order valence-corrected chi connectivity index (χ3v) is 3.69. The van der Waals surface area contributed by atoms with Gasteiger partial charge in [-0.2, -0.15) is 5.26 Å². The number of non-ortho nitro benzene ring substituents is 1. The van der Waals surface area contributed by atoms with Crippen molar-refractivity contribution in [3.05, 3.63) is 68.2 Å². The summed E-state index contributed by atoms with van der Waals surface area (Å²) in [5.41, 5.74) is 0.688. The van der Waals surface area contributed by atoms with Crippen LogP contribution in [-0.2, 0) is 4.79 Å². The number of hydrogen-bond acceptors (Lipinski definition) is 5. The molecule has 0 spiro atoms. The van der Waals surface area contributed by atoms with Crippen LogP contribution in [0.25, 0.3) is 6.08 Å². The lowest BCUT2D eigenvalue weighted by atomic mass is 10.1. The molecule has 2 aromatic rings. The summed E-state index contributed by atoms with van der Waals surface area (Å²) < 4.78 is 5.98. The third-order valence-electron chi connectivity index (χ3n) is 3.19. The number of nitro groups is 1. The van der Waals surface area contributed by atoms with E-state index in [9.17, 15) is 20.2 Å². The first-order valence-electron chi connectivity index (χ1n) is 6.95. The largest absolute Gasteiger partial charge is 0.496 e. The molecule has 0 saturated heterocycles. The zero-order chi connectivity index (χ0) is 18.4. The third kappa shape index (κ3) is 4.65. The molecule has 0 fully saturated rings. The van der Waals surface area contributed by atoms with Crippen molar-refractivity contribution < 1.29 is 14.5 Å². The number of rotatable bonds is 5. The average molecular weight is 402 g/mol. The number of amides is 1. The quantitative estimate of drug-likeness (QED) is 0.353. The van der Waals surface area contributed by atoms with Gasteiger partial charge in [0.25, 0.3) is 11.6 Å². The van der Waals surface area contributed by atoms with Crippen molar-refractivity contribution >= 4 is 39.3 Å². The number of nitrogens with zero attached hydrogens (tertiary/aromatic N) is 2. The molecule has 2 rings (SSSR count). The Morgan fingerprint density at radius 3 is 2.56 bits per heavy atom. The summed E-state index contributed by atoms with van der Waals surface area (Å²) in [6.07, 6.45) is 1.41. The summed E-state index contributed by atoms with van der Waals surface area (Å²) in [5, 5.41) is 22.4. The lowest BCUT2D eigenvalue weighted by molar-refractivity contribution is -0.384. The van der Waals surface area contributed by atoms with Crippen molar-refractivity contribution in [2.75, 3.05) is 12.4 Å². The summed E-state index contributed by atoms with van der Waals surface area (Å²) in [7, 11) is 1.49. The summed E-state index contributed by atoms with van der Waals surface area (Å²) in [4.78, 5) is 22.4. The van der Waals surface area contributed by atoms with E-state index in [1.54, 1.807) is 18.2 Å². The highest BCUT2D eigenvalue weighted by Gasteiger charge is 2.12. The Labute approximate surface area is 151 Å². The van der Waals surface area contributed by atoms with Crippen molar-refractivity contribution in [1.82, 2.24) is 0 Å². The van der Waals surface area contributed by atoms with E-state index in [1.807, 2.05) is 6.07 Å². The number of anilines is 1. The number of halogens is 1. The Bertz CT molecular complexity index is 886. The first kappa shape index (κ1) is 18.2. The van der Waals surface area contributed by atoms with Crippen LogP contribution in [0.4, 0.5) is 11.4 Å². The Hall–Kier alpha value is -3.18. The maximum atomic E-state index is 12.3. The second kappa shape index (κ2) is 8.08. The molecule has 0 aliphatic carbocycles. The number of carbonyl (C=O) groups excluding carboxylic acids is 1. The van der Waals surface area contributed by atoms with Crippen LogP contribution in [0.1, 0.15) is 5.56 Å². The van der Waals surface area contributed by atoms with Crippen LogP contribution in [0, 0.1) is 21.4 Å². The molecular weight excluding hydrogens is 390 g/mol. The molecule has 0 aromatic heterocycles. The number of methoxy groups -OCH3 is 1. The van der Waals surface area contributed by atoms with Gasteiger partial charge in [0.1, 0.15) is 17.4 Å². The molecule has 7 nitrogen and oxygen atoms in total. The van der Waals surface area contributed by atoms with Gasteiger partial charge in [0.05, 0.1) is 12.0 Å². The SMILES string of the molecule is COc1ccc(Br)cc1C=C(C#N)C(=O)Nc1ccc([N+](=O)[O-])cc1. The summed E-state index contributed by atoms with van der Waals surface area (Å²) in [6, 6.07) is 12.4. The zero-order valence-electron chi connectivity index (χ0n) is 13.0. The highest BCUT2D eigenvalue weighted by Crippen LogP contribution is 2.25. The van der Waals surface area contributed by atoms with Crippen molar-refractivity contribution in [1.29, 1.82) is 5.26 Å². The fraction of sp³-hybridized carbons (Fsp3) is 0.0588. The van der Waals surface area contributed by atoms with Gasteiger partial charge in [-0.05, 0) is 36.4 Å². The maximum Gasteiger partial charge on any atom is 0.269 e. The minimum atomic E-state index is -0.626. The van der Waals surface area contributed by atoms with E-state index in [-0.39, 0.29) is 11.3 Å². The molecule has 1 amide bonds. The Kier molecular flexibility index (Phi) is 5.87. The second-order valence-corrected chi connectivity index (χ2v) is 5.73. The van der Waals surface area contributed by atoms with Crippen LogP contribution in [0.15, 0.2) is 52.5 Å². The highest BCUT2D eigenvalue weighted by atomic mass is 79.9. The van der Waals surface area contributed by atoms with E-state index in [2.05, 4.69) is 21.2 Å². The van der Waals surface area contributed by atoms with Crippen molar-refractivity contribution in [3.8, 4) is 11.8 Å². The topological polar surface area (TPSA) is 105 Å². The van der Waals surface area contributed by atoms with Gasteiger partial charge in [-0.1, -0.05) is 15.9 Å².